The normalized spacial score (nSPS) is 11.3. The minimum Gasteiger partial charge on any atom is -0.398 e. The van der Waals surface area contributed by atoms with Gasteiger partial charge < -0.3 is 10.6 Å². The zero-order valence-corrected chi connectivity index (χ0v) is 10.8. The second-order valence-corrected chi connectivity index (χ2v) is 5.47. The maximum Gasteiger partial charge on any atom is 0.246 e. The number of carbonyl (C=O) groups excluding carboxylic acids is 1. The number of hydrogen-bond acceptors (Lipinski definition) is 4. The molecule has 8 heteroatoms. The highest BCUT2D eigenvalue weighted by atomic mass is 32.2. The number of nitrogens with one attached hydrogen (secondary N) is 1. The van der Waals surface area contributed by atoms with Gasteiger partial charge in [-0.05, 0) is 12.1 Å². The van der Waals surface area contributed by atoms with Crippen LogP contribution in [-0.2, 0) is 14.8 Å². The fourth-order valence-corrected chi connectivity index (χ4v) is 2.36. The number of sulfonamides is 1. The van der Waals surface area contributed by atoms with Crippen LogP contribution in [0.3, 0.4) is 0 Å². The molecular weight excluding hydrogens is 261 g/mol. The number of hydrogen-bond donors (Lipinski definition) is 2. The van der Waals surface area contributed by atoms with E-state index in [2.05, 4.69) is 0 Å². The van der Waals surface area contributed by atoms with Gasteiger partial charge in [0.1, 0.15) is 10.7 Å². The monoisotopic (exact) mass is 275 g/mol. The summed E-state index contributed by atoms with van der Waals surface area (Å²) in [6.45, 7) is -0.455. The molecule has 1 amide bonds. The number of amides is 1. The van der Waals surface area contributed by atoms with E-state index < -0.39 is 33.2 Å². The maximum absolute atomic E-state index is 13.4. The van der Waals surface area contributed by atoms with E-state index in [-0.39, 0.29) is 5.69 Å². The van der Waals surface area contributed by atoms with Crippen LogP contribution in [0, 0.1) is 5.82 Å². The lowest BCUT2D eigenvalue weighted by atomic mass is 10.3. The topological polar surface area (TPSA) is 92.5 Å². The Kier molecular flexibility index (Phi) is 4.25. The van der Waals surface area contributed by atoms with E-state index in [4.69, 9.17) is 5.73 Å². The number of likely N-dealkylation sites (N-methyl/N-ethyl adjacent to an activating group) is 1. The fraction of sp³-hybridized carbons (Fsp3) is 0.300. The van der Waals surface area contributed by atoms with Crippen molar-refractivity contribution in [3.63, 3.8) is 0 Å². The molecular formula is C10H14FN3O3S. The predicted molar refractivity (Wildman–Crippen MR) is 64.7 cm³/mol. The molecule has 0 heterocycles. The van der Waals surface area contributed by atoms with Crippen molar-refractivity contribution < 1.29 is 17.6 Å². The third-order valence-corrected chi connectivity index (χ3v) is 3.67. The van der Waals surface area contributed by atoms with Gasteiger partial charge in [0.25, 0.3) is 0 Å². The van der Waals surface area contributed by atoms with Crippen LogP contribution in [-0.4, -0.2) is 39.9 Å². The highest BCUT2D eigenvalue weighted by molar-refractivity contribution is 7.89. The molecule has 0 aromatic heterocycles. The van der Waals surface area contributed by atoms with E-state index in [9.17, 15) is 17.6 Å². The number of nitrogens with two attached hydrogens (primary N) is 1. The van der Waals surface area contributed by atoms with Gasteiger partial charge in [0.15, 0.2) is 0 Å². The average molecular weight is 275 g/mol. The summed E-state index contributed by atoms with van der Waals surface area (Å²) in [4.78, 5) is 11.8. The minimum atomic E-state index is -4.15. The molecule has 0 spiro atoms. The van der Waals surface area contributed by atoms with E-state index in [0.29, 0.717) is 0 Å². The van der Waals surface area contributed by atoms with Crippen molar-refractivity contribution in [3.8, 4) is 0 Å². The van der Waals surface area contributed by atoms with Crippen molar-refractivity contribution in [2.24, 2.45) is 0 Å². The summed E-state index contributed by atoms with van der Waals surface area (Å²) < 4.78 is 39.0. The first-order valence-corrected chi connectivity index (χ1v) is 6.48. The number of halogens is 1. The van der Waals surface area contributed by atoms with Crippen LogP contribution in [0.25, 0.3) is 0 Å². The van der Waals surface area contributed by atoms with Gasteiger partial charge in [-0.3, -0.25) is 4.79 Å². The molecule has 0 fully saturated rings. The summed E-state index contributed by atoms with van der Waals surface area (Å²) in [6.07, 6.45) is 0. The number of carbonyl (C=O) groups is 1. The zero-order valence-electron chi connectivity index (χ0n) is 9.97. The fourth-order valence-electron chi connectivity index (χ4n) is 1.20. The predicted octanol–water partition coefficient (Wildman–Crippen LogP) is -0.226. The molecule has 0 atom stereocenters. The summed E-state index contributed by atoms with van der Waals surface area (Å²) >= 11 is 0. The molecule has 18 heavy (non-hydrogen) atoms. The smallest absolute Gasteiger partial charge is 0.246 e. The van der Waals surface area contributed by atoms with Crippen molar-refractivity contribution >= 4 is 21.6 Å². The van der Waals surface area contributed by atoms with Crippen molar-refractivity contribution in [3.05, 3.63) is 24.0 Å². The van der Waals surface area contributed by atoms with Crippen LogP contribution in [0.2, 0.25) is 0 Å². The second kappa shape index (κ2) is 5.32. The Morgan fingerprint density at radius 2 is 2.06 bits per heavy atom. The molecule has 0 radical (unpaired) electrons. The molecule has 0 saturated heterocycles. The Balaban J connectivity index is 2.98. The SMILES string of the molecule is CN(C)C(=O)CNS(=O)(=O)c1c(N)cccc1F. The Morgan fingerprint density at radius 3 is 2.56 bits per heavy atom. The van der Waals surface area contributed by atoms with E-state index in [1.54, 1.807) is 0 Å². The van der Waals surface area contributed by atoms with E-state index in [1.807, 2.05) is 4.72 Å². The number of rotatable bonds is 4. The first kappa shape index (κ1) is 14.4. The molecule has 1 rings (SSSR count). The van der Waals surface area contributed by atoms with Crippen molar-refractivity contribution in [2.45, 2.75) is 4.90 Å². The van der Waals surface area contributed by atoms with Gasteiger partial charge in [0, 0.05) is 14.1 Å². The number of benzene rings is 1. The molecule has 6 nitrogen and oxygen atoms in total. The van der Waals surface area contributed by atoms with Crippen molar-refractivity contribution in [1.82, 2.24) is 9.62 Å². The Labute approximate surface area is 105 Å². The average Bonchev–Trinajstić information content (AvgIpc) is 2.25. The molecule has 0 bridgehead atoms. The van der Waals surface area contributed by atoms with Crippen LogP contribution in [0.15, 0.2) is 23.1 Å². The maximum atomic E-state index is 13.4. The lowest BCUT2D eigenvalue weighted by molar-refractivity contribution is -0.127. The van der Waals surface area contributed by atoms with Crippen LogP contribution in [0.5, 0.6) is 0 Å². The lowest BCUT2D eigenvalue weighted by Crippen LogP contribution is -2.36. The van der Waals surface area contributed by atoms with Crippen LogP contribution >= 0.6 is 0 Å². The third-order valence-electron chi connectivity index (χ3n) is 2.18. The third kappa shape index (κ3) is 3.17. The van der Waals surface area contributed by atoms with Gasteiger partial charge >= 0.3 is 0 Å². The van der Waals surface area contributed by atoms with Crippen LogP contribution in [0.1, 0.15) is 0 Å². The van der Waals surface area contributed by atoms with E-state index >= 15 is 0 Å². The summed E-state index contributed by atoms with van der Waals surface area (Å²) in [6, 6.07) is 3.55. The molecule has 100 valence electrons. The Bertz CT molecular complexity index is 537. The summed E-state index contributed by atoms with van der Waals surface area (Å²) in [5.41, 5.74) is 5.21. The Morgan fingerprint density at radius 1 is 1.44 bits per heavy atom. The van der Waals surface area contributed by atoms with Gasteiger partial charge in [0.05, 0.1) is 12.2 Å². The van der Waals surface area contributed by atoms with Gasteiger partial charge in [0.2, 0.25) is 15.9 Å². The number of nitrogen functional groups attached to an aromatic ring is 1. The van der Waals surface area contributed by atoms with Gasteiger partial charge in [-0.2, -0.15) is 0 Å². The number of anilines is 1. The molecule has 0 aliphatic heterocycles. The van der Waals surface area contributed by atoms with E-state index in [0.717, 1.165) is 6.07 Å². The quantitative estimate of drug-likeness (QED) is 0.743. The van der Waals surface area contributed by atoms with Crippen LogP contribution in [0.4, 0.5) is 10.1 Å². The largest absolute Gasteiger partial charge is 0.398 e. The molecule has 0 saturated carbocycles. The summed E-state index contributed by atoms with van der Waals surface area (Å²) in [7, 11) is -1.19. The van der Waals surface area contributed by atoms with Crippen molar-refractivity contribution in [1.29, 1.82) is 0 Å². The minimum absolute atomic E-state index is 0.209. The summed E-state index contributed by atoms with van der Waals surface area (Å²) in [5, 5.41) is 0. The van der Waals surface area contributed by atoms with Crippen LogP contribution < -0.4 is 10.5 Å². The molecule has 0 aliphatic carbocycles. The zero-order chi connectivity index (χ0) is 13.9. The number of nitrogens with zero attached hydrogens (tertiary/aromatic N) is 1. The summed E-state index contributed by atoms with van der Waals surface area (Å²) in [5.74, 6) is -1.41. The first-order valence-electron chi connectivity index (χ1n) is 4.99. The van der Waals surface area contributed by atoms with E-state index in [1.165, 1.54) is 31.1 Å². The lowest BCUT2D eigenvalue weighted by Gasteiger charge is -2.12. The molecule has 1 aromatic carbocycles. The van der Waals surface area contributed by atoms with Crippen molar-refractivity contribution in [2.75, 3.05) is 26.4 Å². The Hall–Kier alpha value is -1.67. The molecule has 0 aliphatic rings. The van der Waals surface area contributed by atoms with Gasteiger partial charge in [-0.1, -0.05) is 6.07 Å². The highest BCUT2D eigenvalue weighted by Gasteiger charge is 2.22. The highest BCUT2D eigenvalue weighted by Crippen LogP contribution is 2.20. The molecule has 0 unspecified atom stereocenters. The standard InChI is InChI=1S/C10H14FN3O3S/c1-14(2)9(15)6-13-18(16,17)10-7(11)4-3-5-8(10)12/h3-5,13H,6,12H2,1-2H3. The van der Waals surface area contributed by atoms with Gasteiger partial charge in [-0.25, -0.2) is 17.5 Å². The van der Waals surface area contributed by atoms with Gasteiger partial charge in [-0.15, -0.1) is 0 Å². The second-order valence-electron chi connectivity index (χ2n) is 3.77. The molecule has 1 aromatic rings. The first-order chi connectivity index (χ1) is 8.25. The molecule has 3 N–H and O–H groups in total.